The summed E-state index contributed by atoms with van der Waals surface area (Å²) in [6, 6.07) is 0. The van der Waals surface area contributed by atoms with Crippen LogP contribution in [0.15, 0.2) is 4.52 Å². The van der Waals surface area contributed by atoms with Crippen LogP contribution in [0, 0.1) is 6.92 Å². The van der Waals surface area contributed by atoms with Crippen LogP contribution in [-0.2, 0) is 0 Å². The highest BCUT2D eigenvalue weighted by Crippen LogP contribution is 2.28. The second-order valence-electron chi connectivity index (χ2n) is 6.13. The van der Waals surface area contributed by atoms with Gasteiger partial charge in [0.25, 0.3) is 5.91 Å². The summed E-state index contributed by atoms with van der Waals surface area (Å²) >= 11 is 0. The van der Waals surface area contributed by atoms with Crippen LogP contribution >= 0.6 is 0 Å². The van der Waals surface area contributed by atoms with E-state index < -0.39 is 5.60 Å². The van der Waals surface area contributed by atoms with Gasteiger partial charge in [-0.1, -0.05) is 38.3 Å². The van der Waals surface area contributed by atoms with Crippen LogP contribution in [0.2, 0.25) is 0 Å². The Bertz CT molecular complexity index is 473. The Morgan fingerprint density at radius 3 is 2.65 bits per heavy atom. The molecule has 0 radical (unpaired) electrons. The number of rotatable bonds is 4. The summed E-state index contributed by atoms with van der Waals surface area (Å²) in [5.74, 6) is 0.511. The summed E-state index contributed by atoms with van der Waals surface area (Å²) < 4.78 is 5.22. The minimum absolute atomic E-state index is 0.106. The first-order chi connectivity index (χ1) is 9.43. The van der Waals surface area contributed by atoms with E-state index in [0.717, 1.165) is 25.7 Å². The molecule has 0 aliphatic heterocycles. The summed E-state index contributed by atoms with van der Waals surface area (Å²) in [4.78, 5) is 12.3. The molecular formula is C15H24N2O3. The maximum absolute atomic E-state index is 12.3. The molecule has 20 heavy (non-hydrogen) atoms. The number of carbonyl (C=O) groups is 1. The first-order valence-electron chi connectivity index (χ1n) is 7.40. The largest absolute Gasteiger partial charge is 0.388 e. The third kappa shape index (κ3) is 3.20. The Kier molecular flexibility index (Phi) is 4.48. The van der Waals surface area contributed by atoms with Crippen LogP contribution < -0.4 is 5.32 Å². The van der Waals surface area contributed by atoms with Gasteiger partial charge in [-0.05, 0) is 19.8 Å². The number of hydrogen-bond acceptors (Lipinski definition) is 4. The van der Waals surface area contributed by atoms with E-state index in [1.165, 1.54) is 6.42 Å². The molecule has 0 atom stereocenters. The number of aryl methyl sites for hydroxylation is 1. The number of hydrogen-bond donors (Lipinski definition) is 2. The van der Waals surface area contributed by atoms with Crippen LogP contribution in [0.5, 0.6) is 0 Å². The van der Waals surface area contributed by atoms with Gasteiger partial charge in [0.2, 0.25) is 0 Å². The highest BCUT2D eigenvalue weighted by Gasteiger charge is 2.31. The fourth-order valence-corrected chi connectivity index (χ4v) is 2.78. The second-order valence-corrected chi connectivity index (χ2v) is 6.13. The van der Waals surface area contributed by atoms with E-state index in [1.807, 2.05) is 13.8 Å². The monoisotopic (exact) mass is 280 g/mol. The highest BCUT2D eigenvalue weighted by molar-refractivity contribution is 5.96. The molecular weight excluding hydrogens is 256 g/mol. The minimum atomic E-state index is -0.753. The number of nitrogens with one attached hydrogen (secondary N) is 1. The molecule has 0 aromatic carbocycles. The zero-order valence-corrected chi connectivity index (χ0v) is 12.5. The van der Waals surface area contributed by atoms with Crippen molar-refractivity contribution < 1.29 is 14.4 Å². The van der Waals surface area contributed by atoms with Gasteiger partial charge in [0.05, 0.1) is 11.3 Å². The summed E-state index contributed by atoms with van der Waals surface area (Å²) in [6.07, 6.45) is 4.73. The number of aliphatic hydroxyl groups is 1. The maximum atomic E-state index is 12.3. The van der Waals surface area contributed by atoms with E-state index in [4.69, 9.17) is 4.52 Å². The van der Waals surface area contributed by atoms with Gasteiger partial charge in [0.15, 0.2) is 5.76 Å². The molecule has 1 aromatic rings. The van der Waals surface area contributed by atoms with Crippen molar-refractivity contribution >= 4 is 5.91 Å². The van der Waals surface area contributed by atoms with Crippen molar-refractivity contribution in [2.45, 2.75) is 64.4 Å². The molecule has 1 heterocycles. The lowest BCUT2D eigenvalue weighted by Gasteiger charge is -2.32. The van der Waals surface area contributed by atoms with Gasteiger partial charge in [0.1, 0.15) is 5.56 Å². The zero-order valence-electron chi connectivity index (χ0n) is 12.5. The van der Waals surface area contributed by atoms with Crippen LogP contribution in [-0.4, -0.2) is 28.3 Å². The van der Waals surface area contributed by atoms with Crippen molar-refractivity contribution in [2.24, 2.45) is 0 Å². The molecule has 2 rings (SSSR count). The fourth-order valence-electron chi connectivity index (χ4n) is 2.78. The van der Waals surface area contributed by atoms with Gasteiger partial charge in [-0.2, -0.15) is 0 Å². The molecule has 1 aliphatic carbocycles. The molecule has 0 spiro atoms. The molecule has 1 aliphatic rings. The van der Waals surface area contributed by atoms with Gasteiger partial charge < -0.3 is 14.9 Å². The molecule has 1 fully saturated rings. The summed E-state index contributed by atoms with van der Waals surface area (Å²) in [5, 5.41) is 17.1. The third-order valence-corrected chi connectivity index (χ3v) is 4.00. The third-order valence-electron chi connectivity index (χ3n) is 4.00. The Morgan fingerprint density at radius 1 is 1.40 bits per heavy atom. The Labute approximate surface area is 119 Å². The van der Waals surface area contributed by atoms with Gasteiger partial charge in [-0.15, -0.1) is 0 Å². The molecule has 0 unspecified atom stereocenters. The van der Waals surface area contributed by atoms with E-state index in [1.54, 1.807) is 6.92 Å². The van der Waals surface area contributed by atoms with Crippen molar-refractivity contribution in [3.8, 4) is 0 Å². The predicted octanol–water partition coefficient (Wildman–Crippen LogP) is 2.53. The quantitative estimate of drug-likeness (QED) is 0.888. The summed E-state index contributed by atoms with van der Waals surface area (Å²) in [7, 11) is 0. The summed E-state index contributed by atoms with van der Waals surface area (Å²) in [6.45, 7) is 5.99. The summed E-state index contributed by atoms with van der Waals surface area (Å²) in [5.41, 5.74) is 0.359. The average Bonchev–Trinajstić information content (AvgIpc) is 2.79. The molecule has 5 heteroatoms. The molecule has 1 amide bonds. The first kappa shape index (κ1) is 15.0. The van der Waals surface area contributed by atoms with Gasteiger partial charge in [0, 0.05) is 12.5 Å². The molecule has 112 valence electrons. The Balaban J connectivity index is 2.03. The molecule has 5 nitrogen and oxygen atoms in total. The number of aromatic nitrogens is 1. The van der Waals surface area contributed by atoms with Crippen molar-refractivity contribution in [2.75, 3.05) is 6.54 Å². The van der Waals surface area contributed by atoms with E-state index in [-0.39, 0.29) is 11.8 Å². The molecule has 0 saturated heterocycles. The number of carbonyl (C=O) groups excluding carboxylic acids is 1. The normalized spacial score (nSPS) is 18.2. The van der Waals surface area contributed by atoms with Crippen LogP contribution in [0.4, 0.5) is 0 Å². The van der Waals surface area contributed by atoms with Gasteiger partial charge in [-0.25, -0.2) is 0 Å². The first-order valence-corrected chi connectivity index (χ1v) is 7.40. The van der Waals surface area contributed by atoms with E-state index in [2.05, 4.69) is 10.5 Å². The van der Waals surface area contributed by atoms with Crippen LogP contribution in [0.1, 0.15) is 73.7 Å². The predicted molar refractivity (Wildman–Crippen MR) is 75.7 cm³/mol. The lowest BCUT2D eigenvalue weighted by Crippen LogP contribution is -2.44. The molecule has 1 aromatic heterocycles. The fraction of sp³-hybridized carbons (Fsp3) is 0.733. The lowest BCUT2D eigenvalue weighted by molar-refractivity contribution is 0.00522. The van der Waals surface area contributed by atoms with Crippen LogP contribution in [0.3, 0.4) is 0 Å². The molecule has 2 N–H and O–H groups in total. The topological polar surface area (TPSA) is 75.4 Å². The minimum Gasteiger partial charge on any atom is -0.388 e. The molecule has 1 saturated carbocycles. The number of amides is 1. The maximum Gasteiger partial charge on any atom is 0.256 e. The number of nitrogens with zero attached hydrogens (tertiary/aromatic N) is 1. The van der Waals surface area contributed by atoms with Crippen molar-refractivity contribution in [1.82, 2.24) is 10.5 Å². The molecule has 0 bridgehead atoms. The average molecular weight is 280 g/mol. The van der Waals surface area contributed by atoms with Crippen molar-refractivity contribution in [3.05, 3.63) is 17.0 Å². The smallest absolute Gasteiger partial charge is 0.256 e. The lowest BCUT2D eigenvalue weighted by atomic mass is 9.85. The zero-order chi connectivity index (χ0) is 14.8. The van der Waals surface area contributed by atoms with Crippen LogP contribution in [0.25, 0.3) is 0 Å². The Morgan fingerprint density at radius 2 is 2.05 bits per heavy atom. The highest BCUT2D eigenvalue weighted by atomic mass is 16.5. The second kappa shape index (κ2) is 5.95. The van der Waals surface area contributed by atoms with E-state index in [0.29, 0.717) is 23.6 Å². The SMILES string of the molecule is Cc1noc(C(C)C)c1C(=O)NCC1(O)CCCCC1. The van der Waals surface area contributed by atoms with Crippen molar-refractivity contribution in [3.63, 3.8) is 0 Å². The van der Waals surface area contributed by atoms with Gasteiger partial charge in [-0.3, -0.25) is 4.79 Å². The Hall–Kier alpha value is -1.36. The van der Waals surface area contributed by atoms with Crippen molar-refractivity contribution in [1.29, 1.82) is 0 Å². The standard InChI is InChI=1S/C15H24N2O3/c1-10(2)13-12(11(3)17-20-13)14(18)16-9-15(19)7-5-4-6-8-15/h10,19H,4-9H2,1-3H3,(H,16,18). The van der Waals surface area contributed by atoms with E-state index >= 15 is 0 Å². The van der Waals surface area contributed by atoms with Gasteiger partial charge >= 0.3 is 0 Å². The van der Waals surface area contributed by atoms with E-state index in [9.17, 15) is 9.90 Å².